The molecule has 0 saturated carbocycles. The zero-order chi connectivity index (χ0) is 12.7. The average molecular weight is 244 g/mol. The van der Waals surface area contributed by atoms with Crippen LogP contribution in [0.5, 0.6) is 0 Å². The summed E-state index contributed by atoms with van der Waals surface area (Å²) in [6.45, 7) is 0. The van der Waals surface area contributed by atoms with Crippen molar-refractivity contribution in [3.05, 3.63) is 73.2 Å². The molecular formula is C17H12N2. The predicted molar refractivity (Wildman–Crippen MR) is 78.1 cm³/mol. The smallest absolute Gasteiger partial charge is 0.0795 e. The lowest BCUT2D eigenvalue weighted by atomic mass is 10.1. The maximum Gasteiger partial charge on any atom is 0.0795 e. The highest BCUT2D eigenvalue weighted by Gasteiger charge is 2.05. The van der Waals surface area contributed by atoms with Crippen LogP contribution < -0.4 is 0 Å². The highest BCUT2D eigenvalue weighted by atomic mass is 14.9. The lowest BCUT2D eigenvalue weighted by Crippen LogP contribution is -1.89. The van der Waals surface area contributed by atoms with Gasteiger partial charge in [0.2, 0.25) is 0 Å². The van der Waals surface area contributed by atoms with Gasteiger partial charge in [-0.2, -0.15) is 0 Å². The lowest BCUT2D eigenvalue weighted by molar-refractivity contribution is 1.19. The second-order valence-corrected chi connectivity index (χ2v) is 4.64. The summed E-state index contributed by atoms with van der Waals surface area (Å²) in [5, 5.41) is 2.41. The molecule has 0 N–H and O–H groups in total. The van der Waals surface area contributed by atoms with Gasteiger partial charge in [0.1, 0.15) is 0 Å². The molecule has 0 unspecified atom stereocenters. The van der Waals surface area contributed by atoms with Crippen molar-refractivity contribution in [2.24, 2.45) is 0 Å². The van der Waals surface area contributed by atoms with E-state index in [1.54, 1.807) is 0 Å². The first-order valence-corrected chi connectivity index (χ1v) is 6.33. The van der Waals surface area contributed by atoms with Crippen LogP contribution in [-0.2, 0) is 0 Å². The summed E-state index contributed by atoms with van der Waals surface area (Å²) in [6, 6.07) is 18.8. The fraction of sp³-hybridized carbons (Fsp3) is 0. The summed E-state index contributed by atoms with van der Waals surface area (Å²) in [6.07, 6.45) is 6.06. The van der Waals surface area contributed by atoms with Crippen molar-refractivity contribution in [3.8, 4) is 11.3 Å². The van der Waals surface area contributed by atoms with Crippen LogP contribution in [0.3, 0.4) is 0 Å². The minimum atomic E-state index is 1.04. The van der Waals surface area contributed by atoms with Crippen LogP contribution in [0.15, 0.2) is 73.2 Å². The van der Waals surface area contributed by atoms with Crippen LogP contribution >= 0.6 is 0 Å². The number of hydrogen-bond acceptors (Lipinski definition) is 1. The molecule has 0 amide bonds. The van der Waals surface area contributed by atoms with Gasteiger partial charge in [0.25, 0.3) is 0 Å². The minimum absolute atomic E-state index is 1.04. The Morgan fingerprint density at radius 2 is 1.79 bits per heavy atom. The Kier molecular flexibility index (Phi) is 2.15. The molecule has 0 radical (unpaired) electrons. The van der Waals surface area contributed by atoms with Crippen molar-refractivity contribution < 1.29 is 0 Å². The summed E-state index contributed by atoms with van der Waals surface area (Å²) in [5.74, 6) is 0. The van der Waals surface area contributed by atoms with E-state index in [9.17, 15) is 0 Å². The molecule has 0 aliphatic carbocycles. The highest BCUT2D eigenvalue weighted by Crippen LogP contribution is 2.26. The van der Waals surface area contributed by atoms with E-state index in [0.717, 1.165) is 11.3 Å². The third kappa shape index (κ3) is 1.61. The zero-order valence-corrected chi connectivity index (χ0v) is 10.3. The Morgan fingerprint density at radius 3 is 2.79 bits per heavy atom. The van der Waals surface area contributed by atoms with E-state index in [-0.39, 0.29) is 0 Å². The summed E-state index contributed by atoms with van der Waals surface area (Å²) >= 11 is 0. The molecule has 0 aliphatic heterocycles. The molecule has 0 spiro atoms. The molecule has 3 aromatic heterocycles. The Labute approximate surface area is 111 Å². The molecule has 19 heavy (non-hydrogen) atoms. The van der Waals surface area contributed by atoms with Gasteiger partial charge in [0.05, 0.1) is 5.69 Å². The summed E-state index contributed by atoms with van der Waals surface area (Å²) in [5.41, 5.74) is 3.37. The number of hydrogen-bond donors (Lipinski definition) is 0. The van der Waals surface area contributed by atoms with Crippen molar-refractivity contribution in [2.45, 2.75) is 0 Å². The van der Waals surface area contributed by atoms with Crippen LogP contribution in [-0.4, -0.2) is 9.38 Å². The SMILES string of the molecule is c1ccc2c(-c3ccc4cccn4c3)nccc2c1. The van der Waals surface area contributed by atoms with Crippen molar-refractivity contribution >= 4 is 16.3 Å². The van der Waals surface area contributed by atoms with E-state index in [2.05, 4.69) is 70.3 Å². The van der Waals surface area contributed by atoms with Crippen molar-refractivity contribution in [1.29, 1.82) is 0 Å². The molecule has 0 fully saturated rings. The molecule has 0 atom stereocenters. The van der Waals surface area contributed by atoms with Gasteiger partial charge < -0.3 is 4.40 Å². The van der Waals surface area contributed by atoms with E-state index in [4.69, 9.17) is 0 Å². The Morgan fingerprint density at radius 1 is 0.842 bits per heavy atom. The Hall–Kier alpha value is -2.61. The summed E-state index contributed by atoms with van der Waals surface area (Å²) < 4.78 is 2.12. The third-order valence-electron chi connectivity index (χ3n) is 3.47. The van der Waals surface area contributed by atoms with E-state index >= 15 is 0 Å². The quantitative estimate of drug-likeness (QED) is 0.491. The summed E-state index contributed by atoms with van der Waals surface area (Å²) in [4.78, 5) is 4.55. The number of rotatable bonds is 1. The van der Waals surface area contributed by atoms with Crippen molar-refractivity contribution in [3.63, 3.8) is 0 Å². The molecule has 1 aromatic carbocycles. The summed E-state index contributed by atoms with van der Waals surface area (Å²) in [7, 11) is 0. The normalized spacial score (nSPS) is 11.2. The van der Waals surface area contributed by atoms with Crippen molar-refractivity contribution in [2.75, 3.05) is 0 Å². The maximum absolute atomic E-state index is 4.55. The number of benzene rings is 1. The average Bonchev–Trinajstić information content (AvgIpc) is 2.94. The van der Waals surface area contributed by atoms with E-state index < -0.39 is 0 Å². The van der Waals surface area contributed by atoms with Crippen LogP contribution in [0.4, 0.5) is 0 Å². The molecule has 0 bridgehead atoms. The van der Waals surface area contributed by atoms with Gasteiger partial charge in [-0.25, -0.2) is 0 Å². The monoisotopic (exact) mass is 244 g/mol. The first-order valence-electron chi connectivity index (χ1n) is 6.33. The molecule has 4 rings (SSSR count). The number of pyridine rings is 2. The van der Waals surface area contributed by atoms with Gasteiger partial charge in [-0.15, -0.1) is 0 Å². The fourth-order valence-corrected chi connectivity index (χ4v) is 2.52. The zero-order valence-electron chi connectivity index (χ0n) is 10.3. The van der Waals surface area contributed by atoms with Gasteiger partial charge in [-0.3, -0.25) is 4.98 Å². The van der Waals surface area contributed by atoms with E-state index in [1.165, 1.54) is 16.3 Å². The molecule has 90 valence electrons. The predicted octanol–water partition coefficient (Wildman–Crippen LogP) is 4.15. The molecule has 3 heterocycles. The van der Waals surface area contributed by atoms with Gasteiger partial charge in [-0.05, 0) is 35.7 Å². The molecule has 0 aliphatic rings. The molecule has 0 saturated heterocycles. The molecule has 2 nitrogen and oxygen atoms in total. The number of fused-ring (bicyclic) bond motifs is 2. The molecule has 2 heteroatoms. The third-order valence-corrected chi connectivity index (χ3v) is 3.47. The molecule has 4 aromatic rings. The van der Waals surface area contributed by atoms with Crippen molar-refractivity contribution in [1.82, 2.24) is 9.38 Å². The largest absolute Gasteiger partial charge is 0.323 e. The van der Waals surface area contributed by atoms with E-state index in [1.807, 2.05) is 12.3 Å². The second kappa shape index (κ2) is 3.95. The Bertz CT molecular complexity index is 869. The van der Waals surface area contributed by atoms with Crippen LogP contribution in [0.2, 0.25) is 0 Å². The maximum atomic E-state index is 4.55. The van der Waals surface area contributed by atoms with Crippen LogP contribution in [0.1, 0.15) is 0 Å². The first-order chi connectivity index (χ1) is 9.42. The second-order valence-electron chi connectivity index (χ2n) is 4.64. The highest BCUT2D eigenvalue weighted by molar-refractivity contribution is 5.94. The fourth-order valence-electron chi connectivity index (χ4n) is 2.52. The number of aromatic nitrogens is 2. The van der Waals surface area contributed by atoms with Gasteiger partial charge in [-0.1, -0.05) is 24.3 Å². The van der Waals surface area contributed by atoms with Crippen LogP contribution in [0.25, 0.3) is 27.5 Å². The topological polar surface area (TPSA) is 17.3 Å². The standard InChI is InChI=1S/C17H12N2/c1-2-6-16-13(4-1)9-10-18-17(16)14-7-8-15-5-3-11-19(15)12-14/h1-12H. The minimum Gasteiger partial charge on any atom is -0.323 e. The molecular weight excluding hydrogens is 232 g/mol. The lowest BCUT2D eigenvalue weighted by Gasteiger charge is -2.06. The van der Waals surface area contributed by atoms with Gasteiger partial charge in [0.15, 0.2) is 0 Å². The number of nitrogens with zero attached hydrogens (tertiary/aromatic N) is 2. The first kappa shape index (κ1) is 10.3. The van der Waals surface area contributed by atoms with Gasteiger partial charge >= 0.3 is 0 Å². The van der Waals surface area contributed by atoms with E-state index in [0.29, 0.717) is 0 Å². The van der Waals surface area contributed by atoms with Gasteiger partial charge in [0, 0.05) is 35.1 Å². The Balaban J connectivity index is 2.03. The van der Waals surface area contributed by atoms with Crippen LogP contribution in [0, 0.1) is 0 Å².